The predicted octanol–water partition coefficient (Wildman–Crippen LogP) is 1.01. The topological polar surface area (TPSA) is 50.1 Å². The number of thiol groups is 1. The zero-order valence-corrected chi connectivity index (χ0v) is 8.70. The van der Waals surface area contributed by atoms with Gasteiger partial charge in [0.15, 0.2) is 0 Å². The van der Waals surface area contributed by atoms with Gasteiger partial charge in [-0.2, -0.15) is 17.9 Å². The molecule has 0 aromatic heterocycles. The molecule has 2 saturated carbocycles. The molecule has 6 unspecified atom stereocenters. The Morgan fingerprint density at radius 2 is 2.43 bits per heavy atom. The first kappa shape index (κ1) is 8.60. The molecule has 1 saturated heterocycles. The summed E-state index contributed by atoms with van der Waals surface area (Å²) in [5.41, 5.74) is 0. The summed E-state index contributed by atoms with van der Waals surface area (Å²) in [4.78, 5) is 11.5. The number of hydrogen-bond donors (Lipinski definition) is 1. The zero-order valence-electron chi connectivity index (χ0n) is 7.80. The van der Waals surface area contributed by atoms with E-state index in [0.717, 1.165) is 6.42 Å². The number of rotatable bonds is 0. The summed E-state index contributed by atoms with van der Waals surface area (Å²) in [6.45, 7) is 1.99. The van der Waals surface area contributed by atoms with Crippen molar-refractivity contribution in [1.29, 1.82) is 5.26 Å². The van der Waals surface area contributed by atoms with Gasteiger partial charge < -0.3 is 4.74 Å². The van der Waals surface area contributed by atoms with Crippen LogP contribution in [0, 0.1) is 35.0 Å². The minimum absolute atomic E-state index is 0.0575. The number of ether oxygens (including phenoxy) is 1. The van der Waals surface area contributed by atoms with Crippen molar-refractivity contribution >= 4 is 18.6 Å². The molecular weight excluding hydrogens is 198 g/mol. The van der Waals surface area contributed by atoms with Gasteiger partial charge in [0.25, 0.3) is 0 Å². The summed E-state index contributed by atoms with van der Waals surface area (Å²) < 4.78 is 5.02. The van der Waals surface area contributed by atoms with Crippen LogP contribution >= 0.6 is 12.6 Å². The standard InChI is InChI=1S/C10H11NO2S/c1-10(14)6-2-4-7(5(6)3-11)9(12)13-8(4)10/h4-8,14H,2H2,1H3. The minimum Gasteiger partial charge on any atom is -0.460 e. The van der Waals surface area contributed by atoms with Gasteiger partial charge in [0.1, 0.15) is 6.10 Å². The molecule has 0 amide bonds. The van der Waals surface area contributed by atoms with Crippen LogP contribution < -0.4 is 0 Å². The third kappa shape index (κ3) is 0.704. The van der Waals surface area contributed by atoms with Gasteiger partial charge in [0.05, 0.1) is 22.7 Å². The lowest BCUT2D eigenvalue weighted by atomic mass is 9.75. The highest BCUT2D eigenvalue weighted by Crippen LogP contribution is 2.63. The van der Waals surface area contributed by atoms with Gasteiger partial charge in [-0.1, -0.05) is 0 Å². The van der Waals surface area contributed by atoms with Crippen molar-refractivity contribution in [3.63, 3.8) is 0 Å². The molecule has 3 nitrogen and oxygen atoms in total. The van der Waals surface area contributed by atoms with Crippen LogP contribution in [0.25, 0.3) is 0 Å². The lowest BCUT2D eigenvalue weighted by Gasteiger charge is -2.34. The Morgan fingerprint density at radius 3 is 3.07 bits per heavy atom. The molecule has 6 atom stereocenters. The third-order valence-corrected chi connectivity index (χ3v) is 4.77. The van der Waals surface area contributed by atoms with Crippen molar-refractivity contribution in [3.05, 3.63) is 0 Å². The van der Waals surface area contributed by atoms with Crippen LogP contribution in [0.5, 0.6) is 0 Å². The first-order valence-corrected chi connectivity index (χ1v) is 5.34. The molecule has 3 rings (SSSR count). The average molecular weight is 209 g/mol. The maximum absolute atomic E-state index is 11.5. The van der Waals surface area contributed by atoms with Crippen LogP contribution in [0.4, 0.5) is 0 Å². The normalized spacial score (nSPS) is 58.6. The van der Waals surface area contributed by atoms with Crippen molar-refractivity contribution in [2.24, 2.45) is 23.7 Å². The van der Waals surface area contributed by atoms with Gasteiger partial charge in [-0.05, 0) is 19.3 Å². The van der Waals surface area contributed by atoms with Crippen molar-refractivity contribution < 1.29 is 9.53 Å². The number of hydrogen-bond acceptors (Lipinski definition) is 4. The molecule has 4 heteroatoms. The fourth-order valence-electron chi connectivity index (χ4n) is 3.56. The molecule has 0 aromatic rings. The zero-order chi connectivity index (χ0) is 10.1. The Bertz CT molecular complexity index is 360. The summed E-state index contributed by atoms with van der Waals surface area (Å²) in [6.07, 6.45) is 0.872. The summed E-state index contributed by atoms with van der Waals surface area (Å²) in [6, 6.07) is 2.26. The third-order valence-electron chi connectivity index (χ3n) is 4.19. The second-order valence-corrected chi connectivity index (χ2v) is 5.73. The number of carbonyl (C=O) groups excluding carboxylic acids is 1. The molecule has 2 bridgehead atoms. The highest BCUT2D eigenvalue weighted by Gasteiger charge is 2.70. The van der Waals surface area contributed by atoms with E-state index >= 15 is 0 Å². The van der Waals surface area contributed by atoms with Gasteiger partial charge in [0.2, 0.25) is 0 Å². The lowest BCUT2D eigenvalue weighted by molar-refractivity contribution is -0.144. The Morgan fingerprint density at radius 1 is 1.71 bits per heavy atom. The van der Waals surface area contributed by atoms with E-state index in [9.17, 15) is 4.79 Å². The molecule has 0 spiro atoms. The molecule has 2 aliphatic carbocycles. The van der Waals surface area contributed by atoms with E-state index in [2.05, 4.69) is 18.7 Å². The highest BCUT2D eigenvalue weighted by atomic mass is 32.1. The Kier molecular flexibility index (Phi) is 1.40. The van der Waals surface area contributed by atoms with E-state index in [1.807, 2.05) is 6.92 Å². The van der Waals surface area contributed by atoms with Crippen LogP contribution in [0.2, 0.25) is 0 Å². The fraction of sp³-hybridized carbons (Fsp3) is 0.800. The van der Waals surface area contributed by atoms with E-state index in [4.69, 9.17) is 10.00 Å². The van der Waals surface area contributed by atoms with Crippen molar-refractivity contribution in [3.8, 4) is 6.07 Å². The molecular formula is C10H11NO2S. The summed E-state index contributed by atoms with van der Waals surface area (Å²) in [7, 11) is 0. The lowest BCUT2D eigenvalue weighted by Crippen LogP contribution is -2.42. The monoisotopic (exact) mass is 209 g/mol. The van der Waals surface area contributed by atoms with Crippen molar-refractivity contribution in [2.45, 2.75) is 24.2 Å². The second kappa shape index (κ2) is 2.27. The van der Waals surface area contributed by atoms with Gasteiger partial charge in [-0.3, -0.25) is 4.79 Å². The molecule has 1 heterocycles. The molecule has 3 aliphatic rings. The molecule has 1 aliphatic heterocycles. The van der Waals surface area contributed by atoms with E-state index < -0.39 is 0 Å². The molecule has 0 N–H and O–H groups in total. The van der Waals surface area contributed by atoms with Crippen LogP contribution in [-0.2, 0) is 9.53 Å². The van der Waals surface area contributed by atoms with E-state index in [1.165, 1.54) is 0 Å². The Labute approximate surface area is 87.8 Å². The summed E-state index contributed by atoms with van der Waals surface area (Å²) >= 11 is 4.58. The number of fused-ring (bicyclic) bond motifs is 1. The van der Waals surface area contributed by atoms with Crippen LogP contribution in [-0.4, -0.2) is 16.8 Å². The molecule has 3 fully saturated rings. The number of nitrogens with zero attached hydrogens (tertiary/aromatic N) is 1. The minimum atomic E-state index is -0.298. The van der Waals surface area contributed by atoms with Gasteiger partial charge >= 0.3 is 5.97 Å². The smallest absolute Gasteiger partial charge is 0.311 e. The maximum atomic E-state index is 11.5. The quantitative estimate of drug-likeness (QED) is 0.478. The second-order valence-electron chi connectivity index (χ2n) is 4.77. The Balaban J connectivity index is 2.11. The highest BCUT2D eigenvalue weighted by molar-refractivity contribution is 7.81. The average Bonchev–Trinajstić information content (AvgIpc) is 2.68. The summed E-state index contributed by atoms with van der Waals surface area (Å²) in [5, 5.41) is 9.07. The van der Waals surface area contributed by atoms with Crippen molar-refractivity contribution in [1.82, 2.24) is 0 Å². The van der Waals surface area contributed by atoms with Crippen LogP contribution in [0.3, 0.4) is 0 Å². The Hall–Kier alpha value is -0.690. The number of esters is 1. The van der Waals surface area contributed by atoms with Crippen LogP contribution in [0.15, 0.2) is 0 Å². The van der Waals surface area contributed by atoms with Crippen LogP contribution in [0.1, 0.15) is 13.3 Å². The van der Waals surface area contributed by atoms with Gasteiger partial charge in [0, 0.05) is 5.92 Å². The van der Waals surface area contributed by atoms with Gasteiger partial charge in [-0.25, -0.2) is 0 Å². The first-order chi connectivity index (χ1) is 6.57. The maximum Gasteiger partial charge on any atom is 0.311 e. The number of carbonyl (C=O) groups is 1. The number of nitriles is 1. The first-order valence-electron chi connectivity index (χ1n) is 4.90. The largest absolute Gasteiger partial charge is 0.460 e. The molecule has 74 valence electrons. The molecule has 14 heavy (non-hydrogen) atoms. The summed E-state index contributed by atoms with van der Waals surface area (Å²) in [5.74, 6) is -0.0299. The van der Waals surface area contributed by atoms with Crippen molar-refractivity contribution in [2.75, 3.05) is 0 Å². The molecule has 0 radical (unpaired) electrons. The SMILES string of the molecule is CC1(S)C2CC3C(C(=O)OC31)C2C#N. The van der Waals surface area contributed by atoms with E-state index in [-0.39, 0.29) is 40.5 Å². The van der Waals surface area contributed by atoms with Gasteiger partial charge in [-0.15, -0.1) is 0 Å². The van der Waals surface area contributed by atoms with E-state index in [0.29, 0.717) is 0 Å². The molecule has 0 aromatic carbocycles. The van der Waals surface area contributed by atoms with E-state index in [1.54, 1.807) is 0 Å². The predicted molar refractivity (Wildman–Crippen MR) is 51.5 cm³/mol. The fourth-order valence-corrected chi connectivity index (χ4v) is 4.07.